The van der Waals surface area contributed by atoms with Gasteiger partial charge in [-0.3, -0.25) is 4.98 Å². The van der Waals surface area contributed by atoms with Crippen LogP contribution in [0.25, 0.3) is 0 Å². The second-order valence-corrected chi connectivity index (χ2v) is 2.47. The summed E-state index contributed by atoms with van der Waals surface area (Å²) in [4.78, 5) is 3.82. The van der Waals surface area contributed by atoms with Gasteiger partial charge in [0.25, 0.3) is 0 Å². The lowest BCUT2D eigenvalue weighted by molar-refractivity contribution is 0.0303. The lowest BCUT2D eigenvalue weighted by Gasteiger charge is -2.12. The predicted molar refractivity (Wildman–Crippen MR) is 40.9 cm³/mol. The van der Waals surface area contributed by atoms with Gasteiger partial charge in [-0.05, 0) is 13.0 Å². The summed E-state index contributed by atoms with van der Waals surface area (Å²) in [5.41, 5.74) is 0.641. The lowest BCUT2D eigenvalue weighted by atomic mass is 10.1. The molecule has 11 heavy (non-hydrogen) atoms. The molecule has 1 aromatic heterocycles. The van der Waals surface area contributed by atoms with Gasteiger partial charge >= 0.3 is 0 Å². The first-order valence-electron chi connectivity index (χ1n) is 3.48. The van der Waals surface area contributed by atoms with Crippen LogP contribution in [-0.2, 0) is 0 Å². The van der Waals surface area contributed by atoms with E-state index in [0.717, 1.165) is 0 Å². The number of pyridine rings is 1. The van der Waals surface area contributed by atoms with Crippen LogP contribution in [0.5, 0.6) is 0 Å². The molecule has 0 fully saturated rings. The SMILES string of the molecule is CC(O)C(O)c1cccnc1. The zero-order valence-electron chi connectivity index (χ0n) is 6.31. The topological polar surface area (TPSA) is 53.4 Å². The second kappa shape index (κ2) is 3.46. The Morgan fingerprint density at radius 3 is 2.64 bits per heavy atom. The monoisotopic (exact) mass is 153 g/mol. The van der Waals surface area contributed by atoms with Crippen molar-refractivity contribution in [1.29, 1.82) is 0 Å². The first-order valence-corrected chi connectivity index (χ1v) is 3.48. The Bertz CT molecular complexity index is 211. The summed E-state index contributed by atoms with van der Waals surface area (Å²) in [6, 6.07) is 3.45. The minimum atomic E-state index is -0.830. The highest BCUT2D eigenvalue weighted by Crippen LogP contribution is 2.14. The Kier molecular flexibility index (Phi) is 2.57. The van der Waals surface area contributed by atoms with E-state index in [1.807, 2.05) is 0 Å². The molecule has 0 saturated carbocycles. The van der Waals surface area contributed by atoms with Crippen LogP contribution in [0.15, 0.2) is 24.5 Å². The third kappa shape index (κ3) is 2.00. The van der Waals surface area contributed by atoms with Crippen molar-refractivity contribution >= 4 is 0 Å². The van der Waals surface area contributed by atoms with Gasteiger partial charge in [-0.15, -0.1) is 0 Å². The smallest absolute Gasteiger partial charge is 0.106 e. The van der Waals surface area contributed by atoms with Gasteiger partial charge in [-0.25, -0.2) is 0 Å². The molecule has 2 N–H and O–H groups in total. The van der Waals surface area contributed by atoms with Crippen molar-refractivity contribution in [3.05, 3.63) is 30.1 Å². The Balaban J connectivity index is 2.77. The van der Waals surface area contributed by atoms with Crippen molar-refractivity contribution in [1.82, 2.24) is 4.98 Å². The molecule has 0 spiro atoms. The van der Waals surface area contributed by atoms with Gasteiger partial charge in [0.15, 0.2) is 0 Å². The number of aliphatic hydroxyl groups excluding tert-OH is 2. The van der Waals surface area contributed by atoms with E-state index in [4.69, 9.17) is 5.11 Å². The summed E-state index contributed by atoms with van der Waals surface area (Å²) in [5.74, 6) is 0. The summed E-state index contributed by atoms with van der Waals surface area (Å²) in [5, 5.41) is 18.3. The molecule has 0 aromatic carbocycles. The van der Waals surface area contributed by atoms with Gasteiger partial charge in [-0.1, -0.05) is 6.07 Å². The summed E-state index contributed by atoms with van der Waals surface area (Å²) < 4.78 is 0. The summed E-state index contributed by atoms with van der Waals surface area (Å²) in [7, 11) is 0. The van der Waals surface area contributed by atoms with Crippen LogP contribution in [0.1, 0.15) is 18.6 Å². The highest BCUT2D eigenvalue weighted by molar-refractivity contribution is 5.12. The number of hydrogen-bond acceptors (Lipinski definition) is 3. The maximum absolute atomic E-state index is 9.31. The maximum atomic E-state index is 9.31. The molecule has 3 heteroatoms. The summed E-state index contributed by atoms with van der Waals surface area (Å²) >= 11 is 0. The molecule has 2 unspecified atom stereocenters. The second-order valence-electron chi connectivity index (χ2n) is 2.47. The van der Waals surface area contributed by atoms with Gasteiger partial charge in [0.1, 0.15) is 6.10 Å². The number of nitrogens with zero attached hydrogens (tertiary/aromatic N) is 1. The first kappa shape index (κ1) is 8.17. The number of rotatable bonds is 2. The van der Waals surface area contributed by atoms with Gasteiger partial charge in [0.2, 0.25) is 0 Å². The van der Waals surface area contributed by atoms with E-state index in [0.29, 0.717) is 5.56 Å². The Labute approximate surface area is 65.3 Å². The number of hydrogen-bond donors (Lipinski definition) is 2. The Hall–Kier alpha value is -0.930. The molecule has 0 bridgehead atoms. The minimum absolute atomic E-state index is 0.641. The highest BCUT2D eigenvalue weighted by atomic mass is 16.3. The average molecular weight is 153 g/mol. The normalized spacial score (nSPS) is 15.9. The molecule has 2 atom stereocenters. The van der Waals surface area contributed by atoms with Crippen LogP contribution < -0.4 is 0 Å². The molecule has 0 aliphatic rings. The molecule has 60 valence electrons. The van der Waals surface area contributed by atoms with Crippen molar-refractivity contribution < 1.29 is 10.2 Å². The largest absolute Gasteiger partial charge is 0.390 e. The zero-order valence-corrected chi connectivity index (χ0v) is 6.31. The fourth-order valence-electron chi connectivity index (χ4n) is 0.829. The molecule has 0 aliphatic carbocycles. The fourth-order valence-corrected chi connectivity index (χ4v) is 0.829. The van der Waals surface area contributed by atoms with Gasteiger partial charge in [0.05, 0.1) is 6.10 Å². The van der Waals surface area contributed by atoms with Crippen LogP contribution in [0.4, 0.5) is 0 Å². The van der Waals surface area contributed by atoms with E-state index in [-0.39, 0.29) is 0 Å². The standard InChI is InChI=1S/C8H11NO2/c1-6(10)8(11)7-3-2-4-9-5-7/h2-6,8,10-11H,1H3. The zero-order chi connectivity index (χ0) is 8.27. The average Bonchev–Trinajstić information content (AvgIpc) is 2.05. The van der Waals surface area contributed by atoms with E-state index in [9.17, 15) is 5.11 Å². The molecule has 0 amide bonds. The van der Waals surface area contributed by atoms with E-state index in [1.165, 1.54) is 13.1 Å². The summed E-state index contributed by atoms with van der Waals surface area (Å²) in [6.07, 6.45) is 1.58. The molecule has 1 heterocycles. The van der Waals surface area contributed by atoms with Crippen LogP contribution >= 0.6 is 0 Å². The van der Waals surface area contributed by atoms with Gasteiger partial charge < -0.3 is 10.2 Å². The van der Waals surface area contributed by atoms with Crippen molar-refractivity contribution in [2.75, 3.05) is 0 Å². The van der Waals surface area contributed by atoms with Crippen molar-refractivity contribution in [3.8, 4) is 0 Å². The van der Waals surface area contributed by atoms with Crippen LogP contribution in [-0.4, -0.2) is 21.3 Å². The maximum Gasteiger partial charge on any atom is 0.106 e. The lowest BCUT2D eigenvalue weighted by Crippen LogP contribution is -2.13. The third-order valence-corrected chi connectivity index (χ3v) is 1.48. The number of aliphatic hydroxyl groups is 2. The Morgan fingerprint density at radius 1 is 1.45 bits per heavy atom. The fraction of sp³-hybridized carbons (Fsp3) is 0.375. The van der Waals surface area contributed by atoms with Crippen molar-refractivity contribution in [2.45, 2.75) is 19.1 Å². The number of aromatic nitrogens is 1. The molecule has 0 radical (unpaired) electrons. The molecule has 1 rings (SSSR count). The van der Waals surface area contributed by atoms with E-state index in [1.54, 1.807) is 18.3 Å². The molecule has 0 aliphatic heterocycles. The predicted octanol–water partition coefficient (Wildman–Crippen LogP) is 0.496. The highest BCUT2D eigenvalue weighted by Gasteiger charge is 2.12. The van der Waals surface area contributed by atoms with Gasteiger partial charge in [0, 0.05) is 18.0 Å². The van der Waals surface area contributed by atoms with Crippen molar-refractivity contribution in [2.24, 2.45) is 0 Å². The van der Waals surface area contributed by atoms with E-state index in [2.05, 4.69) is 4.98 Å². The molecular formula is C8H11NO2. The third-order valence-electron chi connectivity index (χ3n) is 1.48. The van der Waals surface area contributed by atoms with E-state index < -0.39 is 12.2 Å². The first-order chi connectivity index (χ1) is 5.22. The molecule has 3 nitrogen and oxygen atoms in total. The molecule has 0 saturated heterocycles. The van der Waals surface area contributed by atoms with Crippen molar-refractivity contribution in [3.63, 3.8) is 0 Å². The van der Waals surface area contributed by atoms with Crippen LogP contribution in [0, 0.1) is 0 Å². The minimum Gasteiger partial charge on any atom is -0.390 e. The van der Waals surface area contributed by atoms with E-state index >= 15 is 0 Å². The molecule has 1 aromatic rings. The quantitative estimate of drug-likeness (QED) is 0.650. The van der Waals surface area contributed by atoms with Crippen LogP contribution in [0.3, 0.4) is 0 Å². The van der Waals surface area contributed by atoms with Crippen LogP contribution in [0.2, 0.25) is 0 Å². The Morgan fingerprint density at radius 2 is 2.18 bits per heavy atom. The summed E-state index contributed by atoms with van der Waals surface area (Å²) in [6.45, 7) is 1.54. The van der Waals surface area contributed by atoms with Gasteiger partial charge in [-0.2, -0.15) is 0 Å². The molecular weight excluding hydrogens is 142 g/mol.